The van der Waals surface area contributed by atoms with Crippen LogP contribution in [0.15, 0.2) is 60.7 Å². The molecule has 286 valence electrons. The van der Waals surface area contributed by atoms with Crippen LogP contribution in [-0.4, -0.2) is 83.7 Å². The summed E-state index contributed by atoms with van der Waals surface area (Å²) in [5.74, 6) is -3.24. The second kappa shape index (κ2) is 20.3. The molecule has 11 heteroatoms. The van der Waals surface area contributed by atoms with Gasteiger partial charge in [0.05, 0.1) is 12.6 Å². The Bertz CT molecular complexity index is 1460. The molecule has 11 nitrogen and oxygen atoms in total. The smallest absolute Gasteiger partial charge is 0.323 e. The molecule has 52 heavy (non-hydrogen) atoms. The first-order valence-corrected chi connectivity index (χ1v) is 18.8. The van der Waals surface area contributed by atoms with Crippen molar-refractivity contribution in [1.82, 2.24) is 15.5 Å². The van der Waals surface area contributed by atoms with Crippen molar-refractivity contribution >= 4 is 29.4 Å². The summed E-state index contributed by atoms with van der Waals surface area (Å²) in [4.78, 5) is 68.4. The molecular weight excluding hydrogens is 658 g/mol. The summed E-state index contributed by atoms with van der Waals surface area (Å²) in [7, 11) is 0. The third-order valence-electron chi connectivity index (χ3n) is 10.2. The maximum Gasteiger partial charge on any atom is 0.323 e. The number of nitrogens with zero attached hydrogens (tertiary/aromatic N) is 1. The molecule has 0 unspecified atom stereocenters. The molecule has 1 heterocycles. The zero-order chi connectivity index (χ0) is 38.3. The fourth-order valence-corrected chi connectivity index (χ4v) is 6.87. The fraction of sp³-hybridized carbons (Fsp3) is 0.585. The van der Waals surface area contributed by atoms with E-state index in [0.29, 0.717) is 45.2 Å². The van der Waals surface area contributed by atoms with Gasteiger partial charge in [-0.3, -0.25) is 24.0 Å². The number of carboxylic acids is 1. The molecule has 0 radical (unpaired) electrons. The summed E-state index contributed by atoms with van der Waals surface area (Å²) in [6.45, 7) is 9.72. The van der Waals surface area contributed by atoms with E-state index in [-0.39, 0.29) is 80.0 Å². The van der Waals surface area contributed by atoms with E-state index in [2.05, 4.69) is 36.6 Å². The molecule has 0 saturated carbocycles. The Balaban J connectivity index is 1.72. The van der Waals surface area contributed by atoms with Gasteiger partial charge in [0.25, 0.3) is 0 Å². The maximum atomic E-state index is 14.0. The molecule has 0 spiro atoms. The number of Topliss-reactive ketones (excluding diaryl/α,β-unsaturated/α-hetero) is 2. The van der Waals surface area contributed by atoms with Gasteiger partial charge in [0, 0.05) is 49.7 Å². The van der Waals surface area contributed by atoms with Gasteiger partial charge >= 0.3 is 5.97 Å². The molecule has 2 amide bonds. The number of amides is 2. The van der Waals surface area contributed by atoms with E-state index in [9.17, 15) is 29.1 Å². The molecule has 1 aliphatic heterocycles. The van der Waals surface area contributed by atoms with Crippen LogP contribution in [-0.2, 0) is 35.8 Å². The topological polar surface area (TPSA) is 185 Å². The van der Waals surface area contributed by atoms with E-state index < -0.39 is 29.4 Å². The van der Waals surface area contributed by atoms with Gasteiger partial charge in [0.1, 0.15) is 11.3 Å². The lowest BCUT2D eigenvalue weighted by molar-refractivity contribution is -0.149. The predicted molar refractivity (Wildman–Crippen MR) is 203 cm³/mol. The molecule has 3 atom stereocenters. The molecule has 1 aliphatic rings. The highest BCUT2D eigenvalue weighted by atomic mass is 16.4. The number of nitrogens with two attached hydrogens (primary N) is 2. The number of nitrogens with one attached hydrogen (secondary N) is 2. The van der Waals surface area contributed by atoms with Crippen LogP contribution in [0.25, 0.3) is 0 Å². The van der Waals surface area contributed by atoms with Crippen LogP contribution < -0.4 is 22.1 Å². The van der Waals surface area contributed by atoms with Crippen LogP contribution in [0.1, 0.15) is 90.2 Å². The van der Waals surface area contributed by atoms with Gasteiger partial charge in [-0.25, -0.2) is 0 Å². The Kier molecular flexibility index (Phi) is 16.6. The molecule has 2 aromatic rings. The van der Waals surface area contributed by atoms with Crippen LogP contribution in [0.3, 0.4) is 0 Å². The van der Waals surface area contributed by atoms with Crippen molar-refractivity contribution in [2.24, 2.45) is 29.2 Å². The fourth-order valence-electron chi connectivity index (χ4n) is 6.87. The minimum atomic E-state index is -1.37. The largest absolute Gasteiger partial charge is 0.480 e. The Morgan fingerprint density at radius 3 is 2.10 bits per heavy atom. The van der Waals surface area contributed by atoms with Gasteiger partial charge in [-0.2, -0.15) is 0 Å². The molecule has 0 bridgehead atoms. The third kappa shape index (κ3) is 13.2. The Morgan fingerprint density at radius 1 is 0.904 bits per heavy atom. The van der Waals surface area contributed by atoms with Crippen LogP contribution in [0, 0.1) is 17.8 Å². The van der Waals surface area contributed by atoms with E-state index in [1.54, 1.807) is 4.90 Å². The molecular formula is C41H61N5O6. The summed E-state index contributed by atoms with van der Waals surface area (Å²) >= 11 is 0. The van der Waals surface area contributed by atoms with Gasteiger partial charge in [-0.05, 0) is 62.1 Å². The summed E-state index contributed by atoms with van der Waals surface area (Å²) < 4.78 is 0. The first-order chi connectivity index (χ1) is 24.6. The maximum absolute atomic E-state index is 14.0. The number of carboxylic acid groups (broad SMARTS) is 1. The van der Waals surface area contributed by atoms with E-state index in [1.807, 2.05) is 62.4 Å². The lowest BCUT2D eigenvalue weighted by atomic mass is 9.84. The first-order valence-electron chi connectivity index (χ1n) is 18.8. The van der Waals surface area contributed by atoms with Crippen molar-refractivity contribution in [1.29, 1.82) is 0 Å². The van der Waals surface area contributed by atoms with E-state index in [1.165, 1.54) is 0 Å². The zero-order valence-electron chi connectivity index (χ0n) is 31.6. The van der Waals surface area contributed by atoms with Crippen molar-refractivity contribution in [2.45, 2.75) is 102 Å². The van der Waals surface area contributed by atoms with Gasteiger partial charge in [0.15, 0.2) is 5.78 Å². The second-order valence-electron chi connectivity index (χ2n) is 15.6. The zero-order valence-corrected chi connectivity index (χ0v) is 31.6. The number of likely N-dealkylation sites (tertiary alicyclic amines) is 1. The average Bonchev–Trinajstić information content (AvgIpc) is 3.11. The lowest BCUT2D eigenvalue weighted by Crippen LogP contribution is -2.57. The number of unbranched alkanes of at least 4 members (excludes halogenated alkanes) is 1. The van der Waals surface area contributed by atoms with Crippen LogP contribution in [0.5, 0.6) is 0 Å². The number of carbonyl (C=O) groups is 5. The Morgan fingerprint density at radius 2 is 1.52 bits per heavy atom. The molecule has 7 N–H and O–H groups in total. The summed E-state index contributed by atoms with van der Waals surface area (Å²) in [6, 6.07) is 18.8. The van der Waals surface area contributed by atoms with Gasteiger partial charge < -0.3 is 32.1 Å². The molecule has 2 aromatic carbocycles. The summed E-state index contributed by atoms with van der Waals surface area (Å²) in [6.07, 6.45) is 2.73. The van der Waals surface area contributed by atoms with Gasteiger partial charge in [0.2, 0.25) is 11.8 Å². The van der Waals surface area contributed by atoms with Crippen LogP contribution >= 0.6 is 0 Å². The number of carbonyl (C=O) groups excluding carboxylic acids is 4. The van der Waals surface area contributed by atoms with E-state index in [4.69, 9.17) is 11.5 Å². The molecule has 3 rings (SSSR count). The minimum Gasteiger partial charge on any atom is -0.480 e. The summed E-state index contributed by atoms with van der Waals surface area (Å²) in [5, 5.41) is 15.8. The van der Waals surface area contributed by atoms with Gasteiger partial charge in [-0.15, -0.1) is 0 Å². The summed E-state index contributed by atoms with van der Waals surface area (Å²) in [5.41, 5.74) is 12.3. The molecule has 0 aliphatic carbocycles. The van der Waals surface area contributed by atoms with Crippen molar-refractivity contribution in [3.8, 4) is 0 Å². The highest BCUT2D eigenvalue weighted by molar-refractivity contribution is 5.94. The van der Waals surface area contributed by atoms with Crippen molar-refractivity contribution < 1.29 is 29.1 Å². The molecule has 1 fully saturated rings. The standard InChI is InChI=1S/C41H61N5O6/c1-29(2)23-35(36(48)26-31(15-11-12-20-42)38(50)46-21-18-41(43,19-22-46)39(51)52)45-37(49)32(24-30-13-7-5-8-14-30)25-34(47)27-44-28-40(3,4)33-16-9-6-10-17-33/h5-10,13-14,16-17,29,31-32,35,44H,11-12,15,18-28,42-43H2,1-4H3,(H,45,49)(H,51,52)/t31-,32-,35+/m0/s1. The molecule has 1 saturated heterocycles. The Labute approximate surface area is 309 Å². The predicted octanol–water partition coefficient (Wildman–Crippen LogP) is 4.01. The van der Waals surface area contributed by atoms with Crippen molar-refractivity contribution in [2.75, 3.05) is 32.7 Å². The number of hydrogen-bond acceptors (Lipinski definition) is 8. The van der Waals surface area contributed by atoms with Crippen molar-refractivity contribution in [3.05, 3.63) is 71.8 Å². The van der Waals surface area contributed by atoms with E-state index >= 15 is 0 Å². The van der Waals surface area contributed by atoms with Crippen LogP contribution in [0.4, 0.5) is 0 Å². The number of benzene rings is 2. The monoisotopic (exact) mass is 719 g/mol. The minimum absolute atomic E-state index is 0.0101. The quantitative estimate of drug-likeness (QED) is 0.112. The highest BCUT2D eigenvalue weighted by Gasteiger charge is 2.40. The highest BCUT2D eigenvalue weighted by Crippen LogP contribution is 2.26. The lowest BCUT2D eigenvalue weighted by Gasteiger charge is -2.38. The Hall–Kier alpha value is -3.93. The average molecular weight is 720 g/mol. The number of ketones is 2. The number of piperidine rings is 1. The van der Waals surface area contributed by atoms with Gasteiger partial charge in [-0.1, -0.05) is 94.8 Å². The number of aliphatic carboxylic acids is 1. The van der Waals surface area contributed by atoms with Crippen molar-refractivity contribution in [3.63, 3.8) is 0 Å². The SMILES string of the molecule is CC(C)C[C@@H](NC(=O)[C@H](CC(=O)CNCC(C)(C)c1ccccc1)Cc1ccccc1)C(=O)C[C@H](CCCCN)C(=O)N1CCC(N)(C(=O)O)CC1. The normalized spacial score (nSPS) is 16.2. The number of hydrogen-bond donors (Lipinski definition) is 5. The second-order valence-corrected chi connectivity index (χ2v) is 15.6. The number of rotatable bonds is 22. The van der Waals surface area contributed by atoms with E-state index in [0.717, 1.165) is 11.1 Å². The van der Waals surface area contributed by atoms with Crippen LogP contribution in [0.2, 0.25) is 0 Å². The third-order valence-corrected chi connectivity index (χ3v) is 10.2. The molecule has 0 aromatic heterocycles. The first kappa shape index (κ1) is 42.5.